The van der Waals surface area contributed by atoms with Gasteiger partial charge in [-0.1, -0.05) is 12.1 Å². The quantitative estimate of drug-likeness (QED) is 0.740. The van der Waals surface area contributed by atoms with Gasteiger partial charge >= 0.3 is 0 Å². The first-order valence-electron chi connectivity index (χ1n) is 5.51. The third-order valence-corrected chi connectivity index (χ3v) is 2.49. The summed E-state index contributed by atoms with van der Waals surface area (Å²) < 4.78 is 5.68. The zero-order valence-corrected chi connectivity index (χ0v) is 9.94. The number of benzene rings is 2. The average molecular weight is 226 g/mol. The highest BCUT2D eigenvalue weighted by molar-refractivity contribution is 5.94. The van der Waals surface area contributed by atoms with Crippen molar-refractivity contribution in [2.45, 2.75) is 13.8 Å². The summed E-state index contributed by atoms with van der Waals surface area (Å²) in [7, 11) is 0. The molecule has 2 nitrogen and oxygen atoms in total. The Labute approximate surface area is 101 Å². The standard InChI is InChI=1S/C15H14O2/c1-11-4-3-5-15(10-11)17-14-8-6-13(7-9-14)12(2)16/h3-10H,1-2H3. The van der Waals surface area contributed by atoms with Gasteiger partial charge in [0.05, 0.1) is 0 Å². The fourth-order valence-corrected chi connectivity index (χ4v) is 1.57. The van der Waals surface area contributed by atoms with Crippen LogP contribution in [0.15, 0.2) is 48.5 Å². The van der Waals surface area contributed by atoms with Crippen molar-refractivity contribution in [3.05, 3.63) is 59.7 Å². The number of carbonyl (C=O) groups excluding carboxylic acids is 1. The number of aryl methyl sites for hydroxylation is 1. The average Bonchev–Trinajstić information content (AvgIpc) is 2.29. The number of ketones is 1. The fourth-order valence-electron chi connectivity index (χ4n) is 1.57. The lowest BCUT2D eigenvalue weighted by atomic mass is 10.1. The summed E-state index contributed by atoms with van der Waals surface area (Å²) in [4.78, 5) is 11.1. The molecule has 2 rings (SSSR count). The zero-order chi connectivity index (χ0) is 12.3. The molecule has 0 spiro atoms. The topological polar surface area (TPSA) is 26.3 Å². The first-order valence-corrected chi connectivity index (χ1v) is 5.51. The van der Waals surface area contributed by atoms with Crippen molar-refractivity contribution >= 4 is 5.78 Å². The lowest BCUT2D eigenvalue weighted by molar-refractivity contribution is 0.101. The minimum Gasteiger partial charge on any atom is -0.457 e. The van der Waals surface area contributed by atoms with Gasteiger partial charge in [-0.25, -0.2) is 0 Å². The van der Waals surface area contributed by atoms with Crippen LogP contribution < -0.4 is 4.74 Å². The molecule has 0 aliphatic rings. The van der Waals surface area contributed by atoms with E-state index in [1.807, 2.05) is 31.2 Å². The molecule has 17 heavy (non-hydrogen) atoms. The molecule has 2 aromatic carbocycles. The molecule has 86 valence electrons. The predicted molar refractivity (Wildman–Crippen MR) is 67.7 cm³/mol. The molecular formula is C15H14O2. The summed E-state index contributed by atoms with van der Waals surface area (Å²) in [6.07, 6.45) is 0. The van der Waals surface area contributed by atoms with Gasteiger partial charge in [0.25, 0.3) is 0 Å². The molecule has 0 aliphatic carbocycles. The Morgan fingerprint density at radius 1 is 1.00 bits per heavy atom. The Bertz CT molecular complexity index is 527. The van der Waals surface area contributed by atoms with Crippen molar-refractivity contribution in [1.29, 1.82) is 0 Å². The molecule has 2 heteroatoms. The third-order valence-electron chi connectivity index (χ3n) is 2.49. The summed E-state index contributed by atoms with van der Waals surface area (Å²) in [5.74, 6) is 1.60. The van der Waals surface area contributed by atoms with E-state index >= 15 is 0 Å². The molecule has 0 heterocycles. The van der Waals surface area contributed by atoms with Crippen LogP contribution >= 0.6 is 0 Å². The van der Waals surface area contributed by atoms with Crippen LogP contribution in [0.25, 0.3) is 0 Å². The Kier molecular flexibility index (Phi) is 3.24. The number of carbonyl (C=O) groups is 1. The second-order valence-corrected chi connectivity index (χ2v) is 4.00. The van der Waals surface area contributed by atoms with Crippen LogP contribution in [0.3, 0.4) is 0 Å². The van der Waals surface area contributed by atoms with Gasteiger partial charge in [0.15, 0.2) is 5.78 Å². The minimum absolute atomic E-state index is 0.0621. The van der Waals surface area contributed by atoms with E-state index in [0.29, 0.717) is 5.56 Å². The summed E-state index contributed by atoms with van der Waals surface area (Å²) in [5, 5.41) is 0. The first kappa shape index (κ1) is 11.4. The molecule has 0 saturated carbocycles. The number of hydrogen-bond donors (Lipinski definition) is 0. The lowest BCUT2D eigenvalue weighted by Gasteiger charge is -2.06. The van der Waals surface area contributed by atoms with Crippen molar-refractivity contribution in [2.75, 3.05) is 0 Å². The van der Waals surface area contributed by atoms with E-state index in [0.717, 1.165) is 17.1 Å². The molecule has 0 atom stereocenters. The van der Waals surface area contributed by atoms with Crippen LogP contribution in [0, 0.1) is 6.92 Å². The molecule has 0 saturated heterocycles. The zero-order valence-electron chi connectivity index (χ0n) is 9.94. The van der Waals surface area contributed by atoms with Crippen LogP contribution in [-0.4, -0.2) is 5.78 Å². The molecule has 0 amide bonds. The van der Waals surface area contributed by atoms with Crippen LogP contribution in [0.4, 0.5) is 0 Å². The SMILES string of the molecule is CC(=O)c1ccc(Oc2cccc(C)c2)cc1. The maximum absolute atomic E-state index is 11.1. The van der Waals surface area contributed by atoms with E-state index < -0.39 is 0 Å². The highest BCUT2D eigenvalue weighted by atomic mass is 16.5. The van der Waals surface area contributed by atoms with Crippen molar-refractivity contribution in [3.8, 4) is 11.5 Å². The third kappa shape index (κ3) is 2.94. The van der Waals surface area contributed by atoms with Crippen molar-refractivity contribution in [3.63, 3.8) is 0 Å². The summed E-state index contributed by atoms with van der Waals surface area (Å²) in [5.41, 5.74) is 1.85. The number of Topliss-reactive ketones (excluding diaryl/α,β-unsaturated/α-hetero) is 1. The summed E-state index contributed by atoms with van der Waals surface area (Å²) in [6, 6.07) is 15.0. The van der Waals surface area contributed by atoms with E-state index in [2.05, 4.69) is 0 Å². The number of ether oxygens (including phenoxy) is 1. The largest absolute Gasteiger partial charge is 0.457 e. The normalized spacial score (nSPS) is 10.0. The maximum Gasteiger partial charge on any atom is 0.159 e. The van der Waals surface area contributed by atoms with Gasteiger partial charge in [-0.05, 0) is 55.8 Å². The van der Waals surface area contributed by atoms with Crippen LogP contribution in [0.2, 0.25) is 0 Å². The van der Waals surface area contributed by atoms with Gasteiger partial charge in [-0.3, -0.25) is 4.79 Å². The minimum atomic E-state index is 0.0621. The van der Waals surface area contributed by atoms with Gasteiger partial charge in [-0.2, -0.15) is 0 Å². The lowest BCUT2D eigenvalue weighted by Crippen LogP contribution is -1.91. The monoisotopic (exact) mass is 226 g/mol. The Morgan fingerprint density at radius 3 is 2.29 bits per heavy atom. The highest BCUT2D eigenvalue weighted by Gasteiger charge is 2.00. The van der Waals surface area contributed by atoms with Gasteiger partial charge in [-0.15, -0.1) is 0 Å². The molecule has 0 radical (unpaired) electrons. The maximum atomic E-state index is 11.1. The summed E-state index contributed by atoms with van der Waals surface area (Å²) >= 11 is 0. The molecule has 0 aliphatic heterocycles. The second-order valence-electron chi connectivity index (χ2n) is 4.00. The van der Waals surface area contributed by atoms with E-state index in [1.165, 1.54) is 0 Å². The van der Waals surface area contributed by atoms with Crippen LogP contribution in [0.5, 0.6) is 11.5 Å². The highest BCUT2D eigenvalue weighted by Crippen LogP contribution is 2.22. The second kappa shape index (κ2) is 4.83. The number of hydrogen-bond acceptors (Lipinski definition) is 2. The first-order chi connectivity index (χ1) is 8.15. The van der Waals surface area contributed by atoms with E-state index in [-0.39, 0.29) is 5.78 Å². The number of rotatable bonds is 3. The summed E-state index contributed by atoms with van der Waals surface area (Å²) in [6.45, 7) is 3.57. The smallest absolute Gasteiger partial charge is 0.159 e. The molecule has 0 aromatic heterocycles. The van der Waals surface area contributed by atoms with Gasteiger partial charge in [0.2, 0.25) is 0 Å². The Hall–Kier alpha value is -2.09. The predicted octanol–water partition coefficient (Wildman–Crippen LogP) is 3.99. The molecule has 0 N–H and O–H groups in total. The van der Waals surface area contributed by atoms with E-state index in [4.69, 9.17) is 4.74 Å². The Morgan fingerprint density at radius 2 is 1.71 bits per heavy atom. The molecule has 0 unspecified atom stereocenters. The van der Waals surface area contributed by atoms with Gasteiger partial charge < -0.3 is 4.74 Å². The molecule has 2 aromatic rings. The van der Waals surface area contributed by atoms with Crippen molar-refractivity contribution < 1.29 is 9.53 Å². The van der Waals surface area contributed by atoms with Crippen molar-refractivity contribution in [1.82, 2.24) is 0 Å². The van der Waals surface area contributed by atoms with Crippen molar-refractivity contribution in [2.24, 2.45) is 0 Å². The van der Waals surface area contributed by atoms with Crippen LogP contribution in [-0.2, 0) is 0 Å². The fraction of sp³-hybridized carbons (Fsp3) is 0.133. The molecule has 0 bridgehead atoms. The van der Waals surface area contributed by atoms with E-state index in [9.17, 15) is 4.79 Å². The molecule has 0 fully saturated rings. The van der Waals surface area contributed by atoms with Gasteiger partial charge in [0, 0.05) is 5.56 Å². The van der Waals surface area contributed by atoms with Crippen LogP contribution in [0.1, 0.15) is 22.8 Å². The van der Waals surface area contributed by atoms with Gasteiger partial charge in [0.1, 0.15) is 11.5 Å². The molecular weight excluding hydrogens is 212 g/mol. The van der Waals surface area contributed by atoms with E-state index in [1.54, 1.807) is 31.2 Å². The Balaban J connectivity index is 2.16.